The first-order chi connectivity index (χ1) is 37.4. The molecule has 0 aromatic heterocycles. The minimum Gasteiger partial charge on any atom is -0.460 e. The molecule has 0 unspecified atom stereocenters. The molecule has 0 spiro atoms. The highest BCUT2D eigenvalue weighted by molar-refractivity contribution is 6.10. The van der Waals surface area contributed by atoms with Crippen molar-refractivity contribution in [3.63, 3.8) is 0 Å². The summed E-state index contributed by atoms with van der Waals surface area (Å²) in [5, 5.41) is 5.74. The van der Waals surface area contributed by atoms with Crippen LogP contribution in [0.2, 0.25) is 0 Å². The van der Waals surface area contributed by atoms with E-state index in [1.807, 2.05) is 36.2 Å². The van der Waals surface area contributed by atoms with Crippen molar-refractivity contribution < 1.29 is 47.8 Å². The van der Waals surface area contributed by atoms with Gasteiger partial charge in [-0.25, -0.2) is 0 Å². The average Bonchev–Trinajstić information content (AvgIpc) is 3.99. The number of nitrogens with one attached hydrogen (secondary N) is 2. The fourth-order valence-electron chi connectivity index (χ4n) is 10.00. The number of aliphatic imine (C=N–C) groups is 2. The number of amides is 2. The van der Waals surface area contributed by atoms with Gasteiger partial charge in [-0.05, 0) is 146 Å². The highest BCUT2D eigenvalue weighted by Gasteiger charge is 2.35. The van der Waals surface area contributed by atoms with Gasteiger partial charge in [-0.2, -0.15) is 0 Å². The summed E-state index contributed by atoms with van der Waals surface area (Å²) in [4.78, 5) is 111. The minimum absolute atomic E-state index is 0.0653. The summed E-state index contributed by atoms with van der Waals surface area (Å²) in [6.07, 6.45) is -0.0352. The van der Waals surface area contributed by atoms with Crippen LogP contribution in [0, 0.1) is 23.7 Å². The van der Waals surface area contributed by atoms with Gasteiger partial charge < -0.3 is 39.5 Å². The van der Waals surface area contributed by atoms with Crippen LogP contribution < -0.4 is 20.4 Å². The fraction of sp³-hybridized carbons (Fsp3) is 0.571. The lowest BCUT2D eigenvalue weighted by molar-refractivity contribution is -0.158. The SMILES string of the molecule is CC(C)[C@H](NC(=O)[C@H](CCC(=O)OC(C)(C)C)CC(=O)[C@@H](C)CC(=O)OC(C)(C)C)C(=O)C[C@@H](CC(=O)OC(C)(C)C)C(=O)NCCN(C)c1ccc(C2=Nc3ccc(C4=Nc5ccc(N6CCN(C)CC6)cc5C4)cc3C2)cc1. The van der Waals surface area contributed by atoms with Gasteiger partial charge in [-0.3, -0.25) is 43.5 Å². The number of hydrogen-bond donors (Lipinski definition) is 2. The molecule has 6 rings (SSSR count). The Bertz CT molecular complexity index is 2810. The molecule has 0 aliphatic carbocycles. The molecular weight excluding hydrogens is 1010 g/mol. The second-order valence-electron chi connectivity index (χ2n) is 25.2. The summed E-state index contributed by atoms with van der Waals surface area (Å²) >= 11 is 0. The molecule has 17 heteroatoms. The highest BCUT2D eigenvalue weighted by Crippen LogP contribution is 2.36. The van der Waals surface area contributed by atoms with E-state index in [-0.39, 0.29) is 44.4 Å². The summed E-state index contributed by atoms with van der Waals surface area (Å²) in [6.45, 7) is 25.3. The van der Waals surface area contributed by atoms with Crippen LogP contribution in [0.3, 0.4) is 0 Å². The minimum atomic E-state index is -1.13. The van der Waals surface area contributed by atoms with E-state index in [0.717, 1.165) is 77.8 Å². The summed E-state index contributed by atoms with van der Waals surface area (Å²) in [5.41, 5.74) is 8.38. The predicted octanol–water partition coefficient (Wildman–Crippen LogP) is 8.86. The summed E-state index contributed by atoms with van der Waals surface area (Å²) in [7, 11) is 4.08. The van der Waals surface area contributed by atoms with Gasteiger partial charge in [-0.15, -0.1) is 0 Å². The third-order valence-electron chi connectivity index (χ3n) is 14.3. The van der Waals surface area contributed by atoms with E-state index in [1.54, 1.807) is 83.1 Å². The van der Waals surface area contributed by atoms with Crippen LogP contribution in [0.1, 0.15) is 144 Å². The van der Waals surface area contributed by atoms with E-state index in [2.05, 4.69) is 63.9 Å². The molecule has 3 aliphatic heterocycles. The second kappa shape index (κ2) is 26.7. The molecule has 1 saturated heterocycles. The number of rotatable bonds is 24. The van der Waals surface area contributed by atoms with Gasteiger partial charge in [0.1, 0.15) is 22.6 Å². The first kappa shape index (κ1) is 62.4. The predicted molar refractivity (Wildman–Crippen MR) is 313 cm³/mol. The Labute approximate surface area is 474 Å². The Morgan fingerprint density at radius 1 is 0.613 bits per heavy atom. The molecule has 80 heavy (non-hydrogen) atoms. The van der Waals surface area contributed by atoms with Gasteiger partial charge in [0, 0.05) is 102 Å². The maximum atomic E-state index is 14.3. The molecule has 3 aliphatic rings. The lowest BCUT2D eigenvalue weighted by Gasteiger charge is -2.34. The van der Waals surface area contributed by atoms with Crippen molar-refractivity contribution in [1.82, 2.24) is 15.5 Å². The number of ketones is 2. The first-order valence-corrected chi connectivity index (χ1v) is 28.4. The van der Waals surface area contributed by atoms with E-state index < -0.39 is 88.4 Å². The third kappa shape index (κ3) is 18.7. The van der Waals surface area contributed by atoms with Crippen LogP contribution in [0.4, 0.5) is 22.7 Å². The van der Waals surface area contributed by atoms with Crippen molar-refractivity contribution in [1.29, 1.82) is 0 Å². The number of hydrogen-bond acceptors (Lipinski definition) is 15. The molecule has 17 nitrogen and oxygen atoms in total. The van der Waals surface area contributed by atoms with Gasteiger partial charge in [0.15, 0.2) is 5.78 Å². The number of fused-ring (bicyclic) bond motifs is 2. The van der Waals surface area contributed by atoms with E-state index in [1.165, 1.54) is 11.3 Å². The molecule has 2 N–H and O–H groups in total. The number of Topliss-reactive ketones (excluding diaryl/α,β-unsaturated/α-hetero) is 2. The van der Waals surface area contributed by atoms with Crippen LogP contribution in [0.5, 0.6) is 0 Å². The number of benzene rings is 3. The molecule has 0 radical (unpaired) electrons. The highest BCUT2D eigenvalue weighted by atomic mass is 16.6. The number of likely N-dealkylation sites (N-methyl/N-ethyl adjacent to an activating group) is 2. The van der Waals surface area contributed by atoms with Gasteiger partial charge >= 0.3 is 17.9 Å². The second-order valence-corrected chi connectivity index (χ2v) is 25.2. The number of ether oxygens (including phenoxy) is 3. The van der Waals surface area contributed by atoms with Crippen LogP contribution in [0.15, 0.2) is 70.6 Å². The number of nitrogens with zero attached hydrogens (tertiary/aromatic N) is 5. The quantitative estimate of drug-likeness (QED) is 0.0636. The van der Waals surface area contributed by atoms with E-state index >= 15 is 0 Å². The van der Waals surface area contributed by atoms with Crippen molar-refractivity contribution in [3.8, 4) is 0 Å². The Balaban J connectivity index is 1.05. The Morgan fingerprint density at radius 2 is 1.14 bits per heavy atom. The number of carbonyl (C=O) groups excluding carboxylic acids is 7. The fourth-order valence-corrected chi connectivity index (χ4v) is 10.00. The zero-order chi connectivity index (χ0) is 58.9. The van der Waals surface area contributed by atoms with Crippen LogP contribution in [-0.2, 0) is 60.6 Å². The number of esters is 3. The molecule has 0 bridgehead atoms. The zero-order valence-corrected chi connectivity index (χ0v) is 49.9. The Kier molecular flexibility index (Phi) is 20.8. The maximum Gasteiger partial charge on any atom is 0.307 e. The van der Waals surface area contributed by atoms with Gasteiger partial charge in [0.05, 0.1) is 47.6 Å². The van der Waals surface area contributed by atoms with E-state index in [4.69, 9.17) is 24.2 Å². The molecule has 1 fully saturated rings. The Morgan fingerprint density at radius 3 is 1.73 bits per heavy atom. The standard InChI is InChI=1S/C63H87N7O10/c1-39(2)58(67-60(77)43(18-24-55(73)78-61(4,5)6)36-53(71)40(3)31-56(74)79-62(7,8)9)54(72)37-46(38-57(75)80-63(10,11)12)59(76)64-25-26-69(14)47-19-15-41(16-20-47)51-34-44-32-42(17-22-49(44)65-51)52-35-45-33-48(21-23-50(45)66-52)70-29-27-68(13)28-30-70/h15-17,19-23,32-33,39-40,43,46,58H,18,24-31,34-38H2,1-14H3,(H,64,76)(H,67,77)/t40-,43+,46-,58-/m0/s1. The van der Waals surface area contributed by atoms with Crippen LogP contribution in [0.25, 0.3) is 0 Å². The van der Waals surface area contributed by atoms with Crippen molar-refractivity contribution in [2.75, 3.05) is 63.2 Å². The maximum absolute atomic E-state index is 14.3. The van der Waals surface area contributed by atoms with Crippen LogP contribution in [-0.4, -0.2) is 134 Å². The molecule has 0 saturated carbocycles. The molecule has 4 atom stereocenters. The summed E-state index contributed by atoms with van der Waals surface area (Å²) in [5.74, 6) is -7.27. The van der Waals surface area contributed by atoms with Gasteiger partial charge in [0.25, 0.3) is 0 Å². The third-order valence-corrected chi connectivity index (χ3v) is 14.3. The monoisotopic (exact) mass is 1100 g/mol. The average molecular weight is 1100 g/mol. The normalized spacial score (nSPS) is 16.1. The largest absolute Gasteiger partial charge is 0.460 e. The van der Waals surface area contributed by atoms with Crippen molar-refractivity contribution >= 4 is 75.5 Å². The first-order valence-electron chi connectivity index (χ1n) is 28.4. The molecule has 3 heterocycles. The van der Waals surface area contributed by atoms with Crippen molar-refractivity contribution in [3.05, 3.63) is 82.9 Å². The molecule has 2 amide bonds. The number of carbonyl (C=O) groups is 7. The lowest BCUT2D eigenvalue weighted by Crippen LogP contribution is -2.48. The number of anilines is 2. The van der Waals surface area contributed by atoms with Gasteiger partial charge in [0.2, 0.25) is 11.8 Å². The van der Waals surface area contributed by atoms with Crippen molar-refractivity contribution in [2.45, 2.75) is 157 Å². The Hall–Kier alpha value is -6.75. The molecule has 434 valence electrons. The number of piperazine rings is 1. The topological polar surface area (TPSA) is 206 Å². The molecular formula is C63H87N7O10. The van der Waals surface area contributed by atoms with Gasteiger partial charge in [-0.1, -0.05) is 39.0 Å². The van der Waals surface area contributed by atoms with E-state index in [0.29, 0.717) is 13.0 Å². The smallest absolute Gasteiger partial charge is 0.307 e. The molecule has 3 aromatic carbocycles. The van der Waals surface area contributed by atoms with Crippen LogP contribution >= 0.6 is 0 Å². The summed E-state index contributed by atoms with van der Waals surface area (Å²) < 4.78 is 16.5. The lowest BCUT2D eigenvalue weighted by atomic mass is 9.87. The molecule has 3 aromatic rings. The van der Waals surface area contributed by atoms with Crippen molar-refractivity contribution in [2.24, 2.45) is 33.7 Å². The zero-order valence-electron chi connectivity index (χ0n) is 49.9. The van der Waals surface area contributed by atoms with E-state index in [9.17, 15) is 33.6 Å². The summed E-state index contributed by atoms with van der Waals surface area (Å²) in [6, 6.07) is 20.1.